The molecule has 1 aliphatic heterocycles. The number of methoxy groups -OCH3 is 1. The van der Waals surface area contributed by atoms with Gasteiger partial charge in [0.15, 0.2) is 0 Å². The zero-order valence-corrected chi connectivity index (χ0v) is 15.2. The molecule has 5 heteroatoms. The average molecular weight is 362 g/mol. The molecule has 3 aromatic rings. The Morgan fingerprint density at radius 1 is 1.22 bits per heavy atom. The van der Waals surface area contributed by atoms with E-state index in [1.54, 1.807) is 19.2 Å². The highest BCUT2D eigenvalue weighted by molar-refractivity contribution is 5.93. The van der Waals surface area contributed by atoms with Crippen LogP contribution in [0.5, 0.6) is 5.75 Å². The monoisotopic (exact) mass is 362 g/mol. The molecule has 0 unspecified atom stereocenters. The lowest BCUT2D eigenvalue weighted by Crippen LogP contribution is -2.28. The normalized spacial score (nSPS) is 14.9. The van der Waals surface area contributed by atoms with E-state index in [4.69, 9.17) is 9.84 Å². The Balaban J connectivity index is 1.48. The molecule has 2 heterocycles. The first-order valence-electron chi connectivity index (χ1n) is 9.03. The van der Waals surface area contributed by atoms with E-state index >= 15 is 0 Å². The molecule has 138 valence electrons. The Hall–Kier alpha value is -3.05. The molecule has 0 saturated carbocycles. The second kappa shape index (κ2) is 7.29. The van der Waals surface area contributed by atoms with Gasteiger partial charge in [0.25, 0.3) is 0 Å². The van der Waals surface area contributed by atoms with Crippen molar-refractivity contribution in [3.8, 4) is 5.75 Å². The third-order valence-electron chi connectivity index (χ3n) is 5.14. The molecule has 0 saturated heterocycles. The van der Waals surface area contributed by atoms with E-state index in [2.05, 4.69) is 28.2 Å². The molecular weight excluding hydrogens is 340 g/mol. The van der Waals surface area contributed by atoms with Gasteiger partial charge in [0.2, 0.25) is 0 Å². The number of benzene rings is 2. The number of carboxylic acid groups (broad SMARTS) is 1. The van der Waals surface area contributed by atoms with Crippen LogP contribution >= 0.6 is 0 Å². The molecule has 0 radical (unpaired) electrons. The number of fused-ring (bicyclic) bond motifs is 1. The second-order valence-electron chi connectivity index (χ2n) is 6.83. The predicted molar refractivity (Wildman–Crippen MR) is 106 cm³/mol. The van der Waals surface area contributed by atoms with Gasteiger partial charge in [-0.3, -0.25) is 4.90 Å². The number of nitrogens with zero attached hydrogens (tertiary/aromatic N) is 1. The topological polar surface area (TPSA) is 65.6 Å². The van der Waals surface area contributed by atoms with Crippen molar-refractivity contribution in [3.63, 3.8) is 0 Å². The van der Waals surface area contributed by atoms with Crippen LogP contribution in [-0.4, -0.2) is 41.2 Å². The van der Waals surface area contributed by atoms with E-state index in [0.717, 1.165) is 42.9 Å². The van der Waals surface area contributed by atoms with Gasteiger partial charge in [-0.15, -0.1) is 0 Å². The maximum absolute atomic E-state index is 11.0. The van der Waals surface area contributed by atoms with Crippen LogP contribution in [0.15, 0.2) is 54.7 Å². The summed E-state index contributed by atoms with van der Waals surface area (Å²) in [5.74, 6) is -0.0198. The summed E-state index contributed by atoms with van der Waals surface area (Å²) in [5.41, 5.74) is 5.18. The highest BCUT2D eigenvalue weighted by Gasteiger charge is 2.16. The molecule has 0 fully saturated rings. The molecule has 2 N–H and O–H groups in total. The molecule has 1 aliphatic rings. The van der Waals surface area contributed by atoms with Crippen LogP contribution in [0.3, 0.4) is 0 Å². The summed E-state index contributed by atoms with van der Waals surface area (Å²) in [4.78, 5) is 16.7. The maximum atomic E-state index is 11.0. The van der Waals surface area contributed by atoms with E-state index in [1.807, 2.05) is 24.3 Å². The minimum Gasteiger partial charge on any atom is -0.497 e. The van der Waals surface area contributed by atoms with Crippen LogP contribution in [-0.2, 0) is 6.54 Å². The number of carbonyl (C=O) groups is 1. The Morgan fingerprint density at radius 2 is 2.04 bits per heavy atom. The van der Waals surface area contributed by atoms with Crippen molar-refractivity contribution < 1.29 is 14.6 Å². The van der Waals surface area contributed by atoms with Gasteiger partial charge in [0.1, 0.15) is 5.75 Å². The quantitative estimate of drug-likeness (QED) is 0.715. The van der Waals surface area contributed by atoms with Crippen molar-refractivity contribution >= 4 is 22.4 Å². The number of nitrogens with one attached hydrogen (secondary N) is 1. The fourth-order valence-electron chi connectivity index (χ4n) is 3.60. The summed E-state index contributed by atoms with van der Waals surface area (Å²) < 4.78 is 5.36. The molecule has 2 aromatic carbocycles. The number of aromatic carboxylic acids is 1. The first kappa shape index (κ1) is 17.4. The number of aromatic amines is 1. The van der Waals surface area contributed by atoms with Gasteiger partial charge in [-0.1, -0.05) is 18.2 Å². The molecule has 0 spiro atoms. The molecule has 0 atom stereocenters. The fraction of sp³-hybridized carbons (Fsp3) is 0.227. The largest absolute Gasteiger partial charge is 0.497 e. The van der Waals surface area contributed by atoms with Gasteiger partial charge in [-0.2, -0.15) is 0 Å². The molecule has 4 rings (SSSR count). The molecule has 0 aliphatic carbocycles. The van der Waals surface area contributed by atoms with Crippen LogP contribution in [0.25, 0.3) is 16.5 Å². The third kappa shape index (κ3) is 3.59. The van der Waals surface area contributed by atoms with Crippen molar-refractivity contribution in [1.82, 2.24) is 9.88 Å². The summed E-state index contributed by atoms with van der Waals surface area (Å²) in [6, 6.07) is 13.2. The predicted octanol–water partition coefficient (Wildman–Crippen LogP) is 4.16. The molecule has 5 nitrogen and oxygen atoms in total. The van der Waals surface area contributed by atoms with E-state index in [0.29, 0.717) is 5.56 Å². The highest BCUT2D eigenvalue weighted by atomic mass is 16.5. The summed E-state index contributed by atoms with van der Waals surface area (Å²) >= 11 is 0. The average Bonchev–Trinajstić information content (AvgIpc) is 3.12. The van der Waals surface area contributed by atoms with Crippen LogP contribution in [0.2, 0.25) is 0 Å². The number of carboxylic acids is 1. The van der Waals surface area contributed by atoms with Crippen molar-refractivity contribution in [1.29, 1.82) is 0 Å². The molecule has 1 aromatic heterocycles. The van der Waals surface area contributed by atoms with Gasteiger partial charge in [-0.25, -0.2) is 4.79 Å². The number of aromatic nitrogens is 1. The van der Waals surface area contributed by atoms with Crippen LogP contribution < -0.4 is 4.74 Å². The number of H-pyrrole nitrogens is 1. The van der Waals surface area contributed by atoms with Gasteiger partial charge in [-0.05, 0) is 47.9 Å². The standard InChI is InChI=1S/C22H22N2O3/c1-27-18-6-7-21-19(12-18)20(13-23-21)16-8-10-24(11-9-16)14-15-2-4-17(5-3-15)22(25)26/h2-8,12-13,23H,9-11,14H2,1H3,(H,25,26). The van der Waals surface area contributed by atoms with Crippen LogP contribution in [0, 0.1) is 0 Å². The SMILES string of the molecule is COc1ccc2[nH]cc(C3=CCN(Cc4ccc(C(=O)O)cc4)CC3)c2c1. The maximum Gasteiger partial charge on any atom is 0.335 e. The Kier molecular flexibility index (Phi) is 4.69. The minimum atomic E-state index is -0.887. The number of rotatable bonds is 5. The van der Waals surface area contributed by atoms with E-state index in [-0.39, 0.29) is 0 Å². The lowest BCUT2D eigenvalue weighted by molar-refractivity contribution is 0.0697. The molecule has 0 bridgehead atoms. The summed E-state index contributed by atoms with van der Waals surface area (Å²) in [6.45, 7) is 2.68. The van der Waals surface area contributed by atoms with Crippen molar-refractivity contribution in [2.45, 2.75) is 13.0 Å². The summed E-state index contributed by atoms with van der Waals surface area (Å²) in [5, 5.41) is 10.2. The zero-order valence-electron chi connectivity index (χ0n) is 15.2. The lowest BCUT2D eigenvalue weighted by atomic mass is 9.98. The van der Waals surface area contributed by atoms with Crippen LogP contribution in [0.4, 0.5) is 0 Å². The third-order valence-corrected chi connectivity index (χ3v) is 5.14. The smallest absolute Gasteiger partial charge is 0.335 e. The zero-order chi connectivity index (χ0) is 18.8. The Morgan fingerprint density at radius 3 is 2.70 bits per heavy atom. The van der Waals surface area contributed by atoms with Crippen LogP contribution in [0.1, 0.15) is 27.9 Å². The van der Waals surface area contributed by atoms with Crippen molar-refractivity contribution in [2.24, 2.45) is 0 Å². The summed E-state index contributed by atoms with van der Waals surface area (Å²) in [6.07, 6.45) is 5.35. The number of hydrogen-bond acceptors (Lipinski definition) is 3. The first-order valence-corrected chi connectivity index (χ1v) is 9.03. The van der Waals surface area contributed by atoms with E-state index in [9.17, 15) is 4.79 Å². The fourth-order valence-corrected chi connectivity index (χ4v) is 3.60. The number of hydrogen-bond donors (Lipinski definition) is 2. The van der Waals surface area contributed by atoms with Gasteiger partial charge in [0.05, 0.1) is 12.7 Å². The van der Waals surface area contributed by atoms with Crippen molar-refractivity contribution in [3.05, 3.63) is 71.4 Å². The minimum absolute atomic E-state index is 0.328. The summed E-state index contributed by atoms with van der Waals surface area (Å²) in [7, 11) is 1.69. The highest BCUT2D eigenvalue weighted by Crippen LogP contribution is 2.31. The lowest BCUT2D eigenvalue weighted by Gasteiger charge is -2.26. The first-order chi connectivity index (χ1) is 13.1. The molecule has 27 heavy (non-hydrogen) atoms. The Bertz CT molecular complexity index is 1000. The second-order valence-corrected chi connectivity index (χ2v) is 6.83. The van der Waals surface area contributed by atoms with E-state index < -0.39 is 5.97 Å². The van der Waals surface area contributed by atoms with Gasteiger partial charge < -0.3 is 14.8 Å². The number of ether oxygens (including phenoxy) is 1. The van der Waals surface area contributed by atoms with E-state index in [1.165, 1.54) is 16.5 Å². The van der Waals surface area contributed by atoms with Crippen molar-refractivity contribution in [2.75, 3.05) is 20.2 Å². The van der Waals surface area contributed by atoms with Gasteiger partial charge >= 0.3 is 5.97 Å². The molecular formula is C22H22N2O3. The Labute approximate surface area is 157 Å². The molecule has 0 amide bonds. The van der Waals surface area contributed by atoms with Gasteiger partial charge in [0, 0.05) is 42.3 Å².